The van der Waals surface area contributed by atoms with E-state index < -0.39 is 0 Å². The number of amides is 1. The largest absolute Gasteiger partial charge is 0.448 e. The Hall–Kier alpha value is -1.56. The predicted octanol–water partition coefficient (Wildman–Crippen LogP) is 2.59. The smallest absolute Gasteiger partial charge is 0.410 e. The second-order valence-electron chi connectivity index (χ2n) is 7.11. The number of aromatic nitrogens is 2. The summed E-state index contributed by atoms with van der Waals surface area (Å²) < 4.78 is 5.67. The van der Waals surface area contributed by atoms with Gasteiger partial charge in [-0.3, -0.25) is 4.90 Å². The van der Waals surface area contributed by atoms with E-state index in [4.69, 9.17) is 4.74 Å². The lowest BCUT2D eigenvalue weighted by molar-refractivity contribution is 0.0595. The molecule has 0 aromatic carbocycles. The SMILES string of the molecule is CC(C)C1c2nc[nH]c2CCCN1C(=O)OCC1CCCN1C. The number of aromatic amines is 1. The molecule has 1 fully saturated rings. The predicted molar refractivity (Wildman–Crippen MR) is 88.2 cm³/mol. The third-order valence-electron chi connectivity index (χ3n) is 5.13. The Balaban J connectivity index is 1.70. The van der Waals surface area contributed by atoms with E-state index in [9.17, 15) is 4.79 Å². The van der Waals surface area contributed by atoms with Gasteiger partial charge in [-0.2, -0.15) is 0 Å². The van der Waals surface area contributed by atoms with E-state index in [0.29, 0.717) is 18.6 Å². The van der Waals surface area contributed by atoms with Crippen LogP contribution in [-0.4, -0.2) is 58.6 Å². The maximum atomic E-state index is 12.7. The highest BCUT2D eigenvalue weighted by atomic mass is 16.6. The van der Waals surface area contributed by atoms with Crippen molar-refractivity contribution < 1.29 is 9.53 Å². The van der Waals surface area contributed by atoms with E-state index in [1.54, 1.807) is 6.33 Å². The molecule has 2 atom stereocenters. The lowest BCUT2D eigenvalue weighted by Crippen LogP contribution is -2.40. The van der Waals surface area contributed by atoms with Crippen molar-refractivity contribution >= 4 is 6.09 Å². The molecule has 6 nitrogen and oxygen atoms in total. The number of nitrogens with one attached hydrogen (secondary N) is 1. The van der Waals surface area contributed by atoms with Crippen LogP contribution in [0.25, 0.3) is 0 Å². The molecule has 2 unspecified atom stereocenters. The number of carbonyl (C=O) groups excluding carboxylic acids is 1. The van der Waals surface area contributed by atoms with Gasteiger partial charge in [0.05, 0.1) is 18.1 Å². The second-order valence-corrected chi connectivity index (χ2v) is 7.11. The molecule has 0 aliphatic carbocycles. The molecule has 2 aliphatic rings. The number of imidazole rings is 1. The summed E-state index contributed by atoms with van der Waals surface area (Å²) in [6, 6.07) is 0.358. The Kier molecular flexibility index (Phi) is 4.90. The Morgan fingerprint density at radius 2 is 2.26 bits per heavy atom. The standard InChI is InChI=1S/C17H28N4O2/c1-12(2)16-15-14(18-11-19-15)7-5-9-21(16)17(22)23-10-13-6-4-8-20(13)3/h11-13,16H,4-10H2,1-3H3,(H,18,19). The minimum absolute atomic E-state index is 0.00689. The Bertz CT molecular complexity index is 542. The highest BCUT2D eigenvalue weighted by Gasteiger charge is 2.34. The fraction of sp³-hybridized carbons (Fsp3) is 0.765. The number of ether oxygens (including phenoxy) is 1. The quantitative estimate of drug-likeness (QED) is 0.930. The minimum Gasteiger partial charge on any atom is -0.448 e. The Labute approximate surface area is 138 Å². The summed E-state index contributed by atoms with van der Waals surface area (Å²) in [7, 11) is 2.10. The lowest BCUT2D eigenvalue weighted by atomic mass is 9.98. The molecule has 0 saturated carbocycles. The maximum Gasteiger partial charge on any atom is 0.410 e. The van der Waals surface area contributed by atoms with E-state index >= 15 is 0 Å². The molecule has 6 heteroatoms. The average molecular weight is 320 g/mol. The van der Waals surface area contributed by atoms with Gasteiger partial charge in [0.25, 0.3) is 0 Å². The first-order chi connectivity index (χ1) is 11.1. The zero-order valence-electron chi connectivity index (χ0n) is 14.4. The van der Waals surface area contributed by atoms with E-state index in [1.807, 2.05) is 4.90 Å². The van der Waals surface area contributed by atoms with E-state index in [-0.39, 0.29) is 12.1 Å². The van der Waals surface area contributed by atoms with Crippen LogP contribution in [0.15, 0.2) is 6.33 Å². The molecule has 1 N–H and O–H groups in total. The maximum absolute atomic E-state index is 12.7. The lowest BCUT2D eigenvalue weighted by Gasteiger charge is -2.32. The number of likely N-dealkylation sites (N-methyl/N-ethyl adjacent to an activating group) is 1. The van der Waals surface area contributed by atoms with E-state index in [2.05, 4.69) is 35.8 Å². The number of fused-ring (bicyclic) bond motifs is 1. The summed E-state index contributed by atoms with van der Waals surface area (Å²) in [6.07, 6.45) is 5.72. The molecule has 128 valence electrons. The zero-order valence-corrected chi connectivity index (χ0v) is 14.4. The fourth-order valence-corrected chi connectivity index (χ4v) is 3.82. The number of hydrogen-bond acceptors (Lipinski definition) is 4. The molecule has 0 bridgehead atoms. The fourth-order valence-electron chi connectivity index (χ4n) is 3.82. The number of hydrogen-bond donors (Lipinski definition) is 1. The van der Waals surface area contributed by atoms with Gasteiger partial charge in [0.2, 0.25) is 0 Å². The Morgan fingerprint density at radius 3 is 2.96 bits per heavy atom. The van der Waals surface area contributed by atoms with Gasteiger partial charge in [-0.05, 0) is 45.2 Å². The van der Waals surface area contributed by atoms with Crippen molar-refractivity contribution in [2.75, 3.05) is 26.7 Å². The normalized spacial score (nSPS) is 25.5. The van der Waals surface area contributed by atoms with Gasteiger partial charge in [0, 0.05) is 18.3 Å². The van der Waals surface area contributed by atoms with Crippen LogP contribution < -0.4 is 0 Å². The number of rotatable bonds is 3. The van der Waals surface area contributed by atoms with Crippen LogP contribution in [-0.2, 0) is 11.2 Å². The monoisotopic (exact) mass is 320 g/mol. The van der Waals surface area contributed by atoms with Crippen molar-refractivity contribution in [3.8, 4) is 0 Å². The van der Waals surface area contributed by atoms with Crippen LogP contribution in [0.3, 0.4) is 0 Å². The van der Waals surface area contributed by atoms with E-state index in [1.165, 1.54) is 6.42 Å². The van der Waals surface area contributed by atoms with Crippen molar-refractivity contribution in [1.82, 2.24) is 19.8 Å². The molecule has 1 aromatic rings. The highest BCUT2D eigenvalue weighted by molar-refractivity contribution is 5.68. The van der Waals surface area contributed by atoms with Crippen LogP contribution in [0.5, 0.6) is 0 Å². The first-order valence-corrected chi connectivity index (χ1v) is 8.73. The highest BCUT2D eigenvalue weighted by Crippen LogP contribution is 2.33. The van der Waals surface area contributed by atoms with Gasteiger partial charge in [0.15, 0.2) is 0 Å². The number of aryl methyl sites for hydroxylation is 1. The van der Waals surface area contributed by atoms with Crippen LogP contribution in [0.1, 0.15) is 50.5 Å². The summed E-state index contributed by atoms with van der Waals surface area (Å²) in [4.78, 5) is 24.6. The van der Waals surface area contributed by atoms with Crippen LogP contribution in [0.4, 0.5) is 4.79 Å². The van der Waals surface area contributed by atoms with Gasteiger partial charge in [-0.25, -0.2) is 9.78 Å². The van der Waals surface area contributed by atoms with Crippen LogP contribution in [0.2, 0.25) is 0 Å². The van der Waals surface area contributed by atoms with Gasteiger partial charge in [-0.15, -0.1) is 0 Å². The third-order valence-corrected chi connectivity index (χ3v) is 5.13. The first-order valence-electron chi connectivity index (χ1n) is 8.73. The summed E-state index contributed by atoms with van der Waals surface area (Å²) in [5.74, 6) is 0.303. The van der Waals surface area contributed by atoms with Crippen molar-refractivity contribution in [3.63, 3.8) is 0 Å². The topological polar surface area (TPSA) is 61.5 Å². The number of H-pyrrole nitrogens is 1. The van der Waals surface area contributed by atoms with Crippen LogP contribution in [0, 0.1) is 5.92 Å². The minimum atomic E-state index is -0.195. The summed E-state index contributed by atoms with van der Waals surface area (Å²) in [5.41, 5.74) is 2.17. The van der Waals surface area contributed by atoms with Gasteiger partial charge in [-0.1, -0.05) is 13.8 Å². The molecule has 3 heterocycles. The summed E-state index contributed by atoms with van der Waals surface area (Å²) >= 11 is 0. The molecule has 3 rings (SSSR count). The summed E-state index contributed by atoms with van der Waals surface area (Å²) in [5, 5.41) is 0. The average Bonchev–Trinajstić information content (AvgIpc) is 3.09. The van der Waals surface area contributed by atoms with Crippen molar-refractivity contribution in [3.05, 3.63) is 17.7 Å². The van der Waals surface area contributed by atoms with E-state index in [0.717, 1.165) is 43.7 Å². The van der Waals surface area contributed by atoms with Crippen molar-refractivity contribution in [2.45, 2.75) is 51.6 Å². The van der Waals surface area contributed by atoms with Crippen molar-refractivity contribution in [2.24, 2.45) is 5.92 Å². The van der Waals surface area contributed by atoms with Gasteiger partial charge >= 0.3 is 6.09 Å². The van der Waals surface area contributed by atoms with Crippen molar-refractivity contribution in [1.29, 1.82) is 0 Å². The van der Waals surface area contributed by atoms with Gasteiger partial charge < -0.3 is 14.6 Å². The number of carbonyl (C=O) groups is 1. The zero-order chi connectivity index (χ0) is 16.4. The molecule has 1 amide bonds. The molecule has 0 radical (unpaired) electrons. The molecule has 1 saturated heterocycles. The molecule has 0 spiro atoms. The molecule has 23 heavy (non-hydrogen) atoms. The third kappa shape index (κ3) is 3.37. The molecule has 2 aliphatic heterocycles. The van der Waals surface area contributed by atoms with Gasteiger partial charge in [0.1, 0.15) is 6.61 Å². The Morgan fingerprint density at radius 1 is 1.43 bits per heavy atom. The molecule has 1 aromatic heterocycles. The number of likely N-dealkylation sites (tertiary alicyclic amines) is 1. The summed E-state index contributed by atoms with van der Waals surface area (Å²) in [6.45, 7) is 6.59. The van der Waals surface area contributed by atoms with Crippen LogP contribution >= 0.6 is 0 Å². The number of nitrogens with zero attached hydrogens (tertiary/aromatic N) is 3. The second kappa shape index (κ2) is 6.91. The molecular formula is C17H28N4O2. The first kappa shape index (κ1) is 16.3. The molecular weight excluding hydrogens is 292 g/mol.